The van der Waals surface area contributed by atoms with Gasteiger partial charge in [-0.05, 0) is 41.8 Å². The normalized spacial score (nSPS) is 13.1. The molecule has 1 amide bonds. The van der Waals surface area contributed by atoms with Gasteiger partial charge in [0, 0.05) is 37.0 Å². The minimum atomic E-state index is -4.24. The standard InChI is InChI=1S/C31H35N7O7S2/c1-21(2)22-11-12-26(33-20-22)47(40,41)37-28-27(45-24-9-5-4-8-23(24)42-3)29(36-30(35-28)38-14-18-46-19-15-38)43-16-17-44-31(39)34-25-10-6-7-13-32-25/h4-13,20-21H,14-19H2,1-3H3,(H,32,34,39)(H,35,36,37). The Morgan fingerprint density at radius 2 is 1.74 bits per heavy atom. The van der Waals surface area contributed by atoms with Crippen LogP contribution in [0.2, 0.25) is 0 Å². The first-order valence-electron chi connectivity index (χ1n) is 14.8. The van der Waals surface area contributed by atoms with Gasteiger partial charge in [-0.1, -0.05) is 38.1 Å². The molecule has 2 N–H and O–H groups in total. The van der Waals surface area contributed by atoms with Gasteiger partial charge in [-0.3, -0.25) is 10.0 Å². The monoisotopic (exact) mass is 681 g/mol. The predicted octanol–water partition coefficient (Wildman–Crippen LogP) is 5.17. The quantitative estimate of drug-likeness (QED) is 0.178. The van der Waals surface area contributed by atoms with Gasteiger partial charge < -0.3 is 23.8 Å². The van der Waals surface area contributed by atoms with E-state index in [0.29, 0.717) is 24.7 Å². The number of hydrogen-bond donors (Lipinski definition) is 2. The maximum absolute atomic E-state index is 13.7. The van der Waals surface area contributed by atoms with Crippen molar-refractivity contribution < 1.29 is 32.2 Å². The lowest BCUT2D eigenvalue weighted by atomic mass is 10.1. The molecular weight excluding hydrogens is 647 g/mol. The smallest absolute Gasteiger partial charge is 0.412 e. The Hall–Kier alpha value is -4.83. The number of carbonyl (C=O) groups is 1. The molecule has 0 unspecified atom stereocenters. The molecule has 5 rings (SSSR count). The van der Waals surface area contributed by atoms with E-state index in [9.17, 15) is 13.2 Å². The maximum atomic E-state index is 13.7. The second-order valence-electron chi connectivity index (χ2n) is 10.4. The second kappa shape index (κ2) is 15.6. The van der Waals surface area contributed by atoms with Crippen LogP contribution in [0, 0.1) is 0 Å². The summed E-state index contributed by atoms with van der Waals surface area (Å²) in [5, 5.41) is 2.33. The fourth-order valence-electron chi connectivity index (χ4n) is 4.32. The summed E-state index contributed by atoms with van der Waals surface area (Å²) >= 11 is 1.80. The second-order valence-corrected chi connectivity index (χ2v) is 13.2. The van der Waals surface area contributed by atoms with E-state index in [0.717, 1.165) is 17.1 Å². The van der Waals surface area contributed by atoms with E-state index < -0.39 is 16.1 Å². The number of amides is 1. The molecule has 4 aromatic rings. The molecule has 0 radical (unpaired) electrons. The van der Waals surface area contributed by atoms with Crippen LogP contribution in [0.3, 0.4) is 0 Å². The first-order chi connectivity index (χ1) is 22.7. The summed E-state index contributed by atoms with van der Waals surface area (Å²) in [4.78, 5) is 31.7. The zero-order chi connectivity index (χ0) is 33.2. The molecule has 1 aliphatic heterocycles. The van der Waals surface area contributed by atoms with Crippen molar-refractivity contribution >= 4 is 45.5 Å². The van der Waals surface area contributed by atoms with Crippen LogP contribution < -0.4 is 29.1 Å². The van der Waals surface area contributed by atoms with Crippen molar-refractivity contribution in [2.45, 2.75) is 24.8 Å². The number of hydrogen-bond acceptors (Lipinski definition) is 13. The van der Waals surface area contributed by atoms with Crippen molar-refractivity contribution in [3.63, 3.8) is 0 Å². The highest BCUT2D eigenvalue weighted by Gasteiger charge is 2.28. The highest BCUT2D eigenvalue weighted by Crippen LogP contribution is 2.41. The molecule has 16 heteroatoms. The van der Waals surface area contributed by atoms with Gasteiger partial charge in [0.05, 0.1) is 7.11 Å². The third-order valence-corrected chi connectivity index (χ3v) is 8.98. The molecule has 0 saturated carbocycles. The molecule has 1 aromatic carbocycles. The summed E-state index contributed by atoms with van der Waals surface area (Å²) in [5.74, 6) is 2.69. The molecule has 0 atom stereocenters. The van der Waals surface area contributed by atoms with Crippen molar-refractivity contribution in [3.8, 4) is 23.1 Å². The highest BCUT2D eigenvalue weighted by atomic mass is 32.2. The number of aromatic nitrogens is 4. The average Bonchev–Trinajstić information content (AvgIpc) is 3.08. The van der Waals surface area contributed by atoms with Crippen molar-refractivity contribution in [1.29, 1.82) is 0 Å². The van der Waals surface area contributed by atoms with E-state index in [1.807, 2.05) is 18.7 Å². The number of methoxy groups -OCH3 is 1. The largest absolute Gasteiger partial charge is 0.493 e. The molecule has 1 aliphatic rings. The van der Waals surface area contributed by atoms with E-state index in [1.165, 1.54) is 25.6 Å². The number of pyridine rings is 2. The maximum Gasteiger partial charge on any atom is 0.412 e. The zero-order valence-corrected chi connectivity index (χ0v) is 27.7. The van der Waals surface area contributed by atoms with Crippen LogP contribution in [0.15, 0.2) is 72.0 Å². The molecule has 14 nitrogen and oxygen atoms in total. The van der Waals surface area contributed by atoms with Crippen LogP contribution >= 0.6 is 11.8 Å². The van der Waals surface area contributed by atoms with Crippen LogP contribution in [0.1, 0.15) is 25.3 Å². The number of sulfonamides is 1. The summed E-state index contributed by atoms with van der Waals surface area (Å²) in [6, 6.07) is 15.1. The summed E-state index contributed by atoms with van der Waals surface area (Å²) in [6.07, 6.45) is 2.34. The first kappa shape index (κ1) is 33.5. The van der Waals surface area contributed by atoms with Crippen molar-refractivity contribution in [2.24, 2.45) is 0 Å². The van der Waals surface area contributed by atoms with Gasteiger partial charge >= 0.3 is 6.09 Å². The Kier molecular flexibility index (Phi) is 11.2. The molecule has 1 fully saturated rings. The number of anilines is 3. The lowest BCUT2D eigenvalue weighted by molar-refractivity contribution is 0.135. The van der Waals surface area contributed by atoms with Gasteiger partial charge in [-0.25, -0.2) is 14.8 Å². The van der Waals surface area contributed by atoms with Gasteiger partial charge in [-0.2, -0.15) is 30.1 Å². The molecule has 0 spiro atoms. The minimum Gasteiger partial charge on any atom is -0.493 e. The van der Waals surface area contributed by atoms with E-state index in [-0.39, 0.29) is 53.3 Å². The van der Waals surface area contributed by atoms with Gasteiger partial charge in [0.2, 0.25) is 11.7 Å². The van der Waals surface area contributed by atoms with Gasteiger partial charge in [-0.15, -0.1) is 0 Å². The predicted molar refractivity (Wildman–Crippen MR) is 178 cm³/mol. The van der Waals surface area contributed by atoms with Gasteiger partial charge in [0.15, 0.2) is 22.3 Å². The van der Waals surface area contributed by atoms with Crippen LogP contribution in [0.4, 0.5) is 22.4 Å². The number of rotatable bonds is 13. The van der Waals surface area contributed by atoms with Crippen LogP contribution in [0.5, 0.6) is 23.1 Å². The number of ether oxygens (including phenoxy) is 4. The highest BCUT2D eigenvalue weighted by molar-refractivity contribution is 7.99. The summed E-state index contributed by atoms with van der Waals surface area (Å²) < 4.78 is 52.8. The summed E-state index contributed by atoms with van der Waals surface area (Å²) in [6.45, 7) is 4.95. The zero-order valence-electron chi connectivity index (χ0n) is 26.1. The van der Waals surface area contributed by atoms with Crippen LogP contribution in [-0.4, -0.2) is 79.4 Å². The Bertz CT molecular complexity index is 1760. The molecular formula is C31H35N7O7S2. The molecule has 47 heavy (non-hydrogen) atoms. The number of thioether (sulfide) groups is 1. The molecule has 1 saturated heterocycles. The van der Waals surface area contributed by atoms with Crippen molar-refractivity contribution in [2.75, 3.05) is 59.9 Å². The minimum absolute atomic E-state index is 0.0753. The van der Waals surface area contributed by atoms with E-state index in [4.69, 9.17) is 18.9 Å². The summed E-state index contributed by atoms with van der Waals surface area (Å²) in [5.41, 5.74) is 0.892. The Labute approximate surface area is 277 Å². The lowest BCUT2D eigenvalue weighted by Gasteiger charge is -2.27. The first-order valence-corrected chi connectivity index (χ1v) is 17.4. The van der Waals surface area contributed by atoms with Crippen molar-refractivity contribution in [3.05, 3.63) is 72.6 Å². The Balaban J connectivity index is 1.48. The van der Waals surface area contributed by atoms with Crippen LogP contribution in [-0.2, 0) is 14.8 Å². The average molecular weight is 682 g/mol. The van der Waals surface area contributed by atoms with Crippen molar-refractivity contribution in [1.82, 2.24) is 19.9 Å². The fourth-order valence-corrected chi connectivity index (χ4v) is 6.16. The SMILES string of the molecule is COc1ccccc1Oc1c(NS(=O)(=O)c2ccc(C(C)C)cn2)nc(N2CCSCC2)nc1OCCOC(=O)Nc1ccccn1. The van der Waals surface area contributed by atoms with E-state index in [1.54, 1.807) is 60.3 Å². The Morgan fingerprint density at radius 1 is 0.979 bits per heavy atom. The van der Waals surface area contributed by atoms with E-state index in [2.05, 4.69) is 30.0 Å². The topological polar surface area (TPSA) is 167 Å². The van der Waals surface area contributed by atoms with E-state index >= 15 is 0 Å². The third-order valence-electron chi connectivity index (χ3n) is 6.78. The number of benzene rings is 1. The van der Waals surface area contributed by atoms with Gasteiger partial charge in [0.25, 0.3) is 15.9 Å². The number of para-hydroxylation sites is 2. The molecule has 248 valence electrons. The third kappa shape index (κ3) is 8.92. The molecule has 4 heterocycles. The number of nitrogens with zero attached hydrogens (tertiary/aromatic N) is 5. The molecule has 0 aliphatic carbocycles. The Morgan fingerprint density at radius 3 is 2.43 bits per heavy atom. The molecule has 3 aromatic heterocycles. The number of nitrogens with one attached hydrogen (secondary N) is 2. The molecule has 0 bridgehead atoms. The fraction of sp³-hybridized carbons (Fsp3) is 0.323. The van der Waals surface area contributed by atoms with Gasteiger partial charge in [0.1, 0.15) is 19.0 Å². The number of carbonyl (C=O) groups excluding carboxylic acids is 1. The lowest BCUT2D eigenvalue weighted by Crippen LogP contribution is -2.34. The summed E-state index contributed by atoms with van der Waals surface area (Å²) in [7, 11) is -2.76. The van der Waals surface area contributed by atoms with Crippen LogP contribution in [0.25, 0.3) is 0 Å².